The van der Waals surface area contributed by atoms with Crippen molar-refractivity contribution >= 4 is 29.2 Å². The number of amides is 2. The van der Waals surface area contributed by atoms with E-state index in [0.717, 1.165) is 72.0 Å². The third kappa shape index (κ3) is 8.67. The standard InChI is InChI=1S/C43H60N4O4S/c1-29-25-32(11-14-34(29)50-8)43-19-16-42(17-20-43,18-21-43)28-47(36-26-31(15-23-44-36)35-27-46-38(52-35)41(5,6)7)37(48)30-9-12-33(13-10-30)51-39(49)45-24-22-40(2,3)4/h11,14-15,23,25-27,30,33H,9-10,12-13,16-22,24,28H2,1-8H3,(H,45,49). The summed E-state index contributed by atoms with van der Waals surface area (Å²) in [6.45, 7) is 16.5. The van der Waals surface area contributed by atoms with E-state index >= 15 is 0 Å². The molecule has 7 rings (SSSR count). The maximum Gasteiger partial charge on any atom is 0.407 e. The van der Waals surface area contributed by atoms with Crippen LogP contribution in [0.15, 0.2) is 42.7 Å². The molecule has 4 fully saturated rings. The highest BCUT2D eigenvalue weighted by molar-refractivity contribution is 7.15. The highest BCUT2D eigenvalue weighted by atomic mass is 32.1. The van der Waals surface area contributed by atoms with Crippen LogP contribution in [0.2, 0.25) is 0 Å². The van der Waals surface area contributed by atoms with E-state index in [1.165, 1.54) is 11.1 Å². The van der Waals surface area contributed by atoms with Crippen LogP contribution in [-0.2, 0) is 20.4 Å². The number of fused-ring (bicyclic) bond motifs is 3. The number of pyridine rings is 1. The van der Waals surface area contributed by atoms with Crippen molar-refractivity contribution in [2.75, 3.05) is 25.1 Å². The van der Waals surface area contributed by atoms with E-state index in [1.807, 2.05) is 23.4 Å². The molecule has 0 saturated heterocycles. The molecular weight excluding hydrogens is 669 g/mol. The topological polar surface area (TPSA) is 93.6 Å². The molecule has 0 unspecified atom stereocenters. The zero-order valence-corrected chi connectivity index (χ0v) is 33.6. The lowest BCUT2D eigenvalue weighted by molar-refractivity contribution is -0.124. The van der Waals surface area contributed by atoms with Crippen molar-refractivity contribution in [3.63, 3.8) is 0 Å². The molecule has 282 valence electrons. The Morgan fingerprint density at radius 2 is 1.63 bits per heavy atom. The normalized spacial score (nSPS) is 24.7. The van der Waals surface area contributed by atoms with Gasteiger partial charge in [-0.2, -0.15) is 0 Å². The SMILES string of the molecule is COc1ccc(C23CCC(CN(C(=O)C4CCC(OC(=O)NCCC(C)(C)C)CC4)c4cc(-c5cnc(C(C)(C)C)s5)ccn4)(CC2)CC3)cc1C. The van der Waals surface area contributed by atoms with Crippen LogP contribution < -0.4 is 15.0 Å². The van der Waals surface area contributed by atoms with Crippen LogP contribution in [0, 0.1) is 23.7 Å². The number of thiazole rings is 1. The molecule has 4 aliphatic carbocycles. The number of carbonyl (C=O) groups is 2. The van der Waals surface area contributed by atoms with Crippen molar-refractivity contribution in [2.45, 2.75) is 136 Å². The van der Waals surface area contributed by atoms with Crippen LogP contribution >= 0.6 is 11.3 Å². The van der Waals surface area contributed by atoms with Crippen molar-refractivity contribution in [2.24, 2.45) is 16.7 Å². The highest BCUT2D eigenvalue weighted by Crippen LogP contribution is 2.58. The molecule has 0 spiro atoms. The average Bonchev–Trinajstić information content (AvgIpc) is 3.63. The van der Waals surface area contributed by atoms with Crippen molar-refractivity contribution in [1.82, 2.24) is 15.3 Å². The summed E-state index contributed by atoms with van der Waals surface area (Å²) in [5.74, 6) is 1.69. The van der Waals surface area contributed by atoms with Gasteiger partial charge < -0.3 is 14.8 Å². The number of aromatic nitrogens is 2. The summed E-state index contributed by atoms with van der Waals surface area (Å²) in [5, 5.41) is 4.01. The minimum atomic E-state index is -0.353. The molecule has 4 saturated carbocycles. The molecule has 2 bridgehead atoms. The number of hydrogen-bond acceptors (Lipinski definition) is 7. The number of anilines is 1. The summed E-state index contributed by atoms with van der Waals surface area (Å²) >= 11 is 1.71. The fourth-order valence-electron chi connectivity index (χ4n) is 8.60. The minimum Gasteiger partial charge on any atom is -0.496 e. The van der Waals surface area contributed by atoms with E-state index in [-0.39, 0.29) is 45.7 Å². The number of rotatable bonds is 10. The lowest BCUT2D eigenvalue weighted by atomic mass is 9.51. The van der Waals surface area contributed by atoms with Gasteiger partial charge in [-0.1, -0.05) is 53.7 Å². The predicted molar refractivity (Wildman–Crippen MR) is 210 cm³/mol. The monoisotopic (exact) mass is 728 g/mol. The van der Waals surface area contributed by atoms with Gasteiger partial charge in [0, 0.05) is 36.8 Å². The van der Waals surface area contributed by atoms with Crippen LogP contribution in [0.25, 0.3) is 10.4 Å². The molecule has 9 heteroatoms. The van der Waals surface area contributed by atoms with Gasteiger partial charge in [0.25, 0.3) is 0 Å². The third-order valence-corrected chi connectivity index (χ3v) is 13.5. The summed E-state index contributed by atoms with van der Waals surface area (Å²) in [5.41, 5.74) is 4.04. The Morgan fingerprint density at radius 1 is 0.942 bits per heavy atom. The number of hydrogen-bond donors (Lipinski definition) is 1. The van der Waals surface area contributed by atoms with Crippen LogP contribution in [0.3, 0.4) is 0 Å². The van der Waals surface area contributed by atoms with E-state index in [0.29, 0.717) is 38.8 Å². The molecule has 0 aliphatic heterocycles. The summed E-state index contributed by atoms with van der Waals surface area (Å²) in [7, 11) is 1.74. The van der Waals surface area contributed by atoms with E-state index in [4.69, 9.17) is 19.4 Å². The van der Waals surface area contributed by atoms with Crippen LogP contribution in [0.4, 0.5) is 10.6 Å². The molecule has 1 N–H and O–H groups in total. The van der Waals surface area contributed by atoms with Gasteiger partial charge in [0.05, 0.1) is 17.0 Å². The van der Waals surface area contributed by atoms with E-state index in [2.05, 4.69) is 78.0 Å². The van der Waals surface area contributed by atoms with Crippen molar-refractivity contribution in [1.29, 1.82) is 0 Å². The number of ether oxygens (including phenoxy) is 2. The average molecular weight is 729 g/mol. The molecule has 52 heavy (non-hydrogen) atoms. The van der Waals surface area contributed by atoms with Gasteiger partial charge in [-0.3, -0.25) is 9.69 Å². The summed E-state index contributed by atoms with van der Waals surface area (Å²) < 4.78 is 11.4. The molecule has 4 aliphatic rings. The van der Waals surface area contributed by atoms with Gasteiger partial charge in [-0.25, -0.2) is 14.8 Å². The predicted octanol–water partition coefficient (Wildman–Crippen LogP) is 10.2. The molecule has 2 aromatic heterocycles. The van der Waals surface area contributed by atoms with Crippen molar-refractivity contribution in [3.05, 3.63) is 58.9 Å². The first kappa shape index (κ1) is 38.3. The summed E-state index contributed by atoms with van der Waals surface area (Å²) in [6.07, 6.45) is 13.6. The van der Waals surface area contributed by atoms with Gasteiger partial charge in [0.2, 0.25) is 5.91 Å². The molecule has 3 aromatic rings. The Labute approximate surface area is 315 Å². The van der Waals surface area contributed by atoms with E-state index in [9.17, 15) is 9.59 Å². The highest BCUT2D eigenvalue weighted by Gasteiger charge is 2.51. The van der Waals surface area contributed by atoms with Crippen molar-refractivity contribution < 1.29 is 19.1 Å². The largest absolute Gasteiger partial charge is 0.496 e. The number of carbonyl (C=O) groups excluding carboxylic acids is 2. The molecule has 0 radical (unpaired) electrons. The maximum absolute atomic E-state index is 14.7. The second-order valence-electron chi connectivity index (χ2n) is 18.2. The van der Waals surface area contributed by atoms with Gasteiger partial charge in [0.15, 0.2) is 0 Å². The van der Waals surface area contributed by atoms with Gasteiger partial charge in [0.1, 0.15) is 17.7 Å². The first-order valence-corrected chi connectivity index (χ1v) is 20.2. The number of alkyl carbamates (subject to hydrolysis) is 1. The fraction of sp³-hybridized carbons (Fsp3) is 0.628. The van der Waals surface area contributed by atoms with E-state index < -0.39 is 0 Å². The van der Waals surface area contributed by atoms with Crippen LogP contribution in [0.1, 0.15) is 128 Å². The smallest absolute Gasteiger partial charge is 0.407 e. The second-order valence-corrected chi connectivity index (χ2v) is 19.2. The van der Waals surface area contributed by atoms with Gasteiger partial charge in [-0.05, 0) is 129 Å². The summed E-state index contributed by atoms with van der Waals surface area (Å²) in [6, 6.07) is 10.9. The van der Waals surface area contributed by atoms with Gasteiger partial charge >= 0.3 is 6.09 Å². The molecule has 2 heterocycles. The van der Waals surface area contributed by atoms with Gasteiger partial charge in [-0.15, -0.1) is 11.3 Å². The van der Waals surface area contributed by atoms with Crippen molar-refractivity contribution in [3.8, 4) is 16.2 Å². The lowest BCUT2D eigenvalue weighted by Crippen LogP contribution is -2.52. The minimum absolute atomic E-state index is 0.0305. The number of benzene rings is 1. The maximum atomic E-state index is 14.7. The third-order valence-electron chi connectivity index (χ3n) is 12.1. The summed E-state index contributed by atoms with van der Waals surface area (Å²) in [4.78, 5) is 40.0. The molecular formula is C43H60N4O4S. The molecule has 1 aromatic carbocycles. The number of nitrogens with one attached hydrogen (secondary N) is 1. The Balaban J connectivity index is 1.19. The first-order valence-electron chi connectivity index (χ1n) is 19.4. The van der Waals surface area contributed by atoms with Crippen LogP contribution in [0.5, 0.6) is 5.75 Å². The molecule has 8 nitrogen and oxygen atoms in total. The second kappa shape index (κ2) is 15.1. The number of methoxy groups -OCH3 is 1. The number of aryl methyl sites for hydroxylation is 1. The van der Waals surface area contributed by atoms with Crippen LogP contribution in [-0.4, -0.2) is 48.3 Å². The Hall–Kier alpha value is -3.46. The Bertz CT molecular complexity index is 1700. The first-order chi connectivity index (χ1) is 24.6. The Morgan fingerprint density at radius 3 is 2.23 bits per heavy atom. The zero-order chi connectivity index (χ0) is 37.3. The zero-order valence-electron chi connectivity index (χ0n) is 32.8. The quantitative estimate of drug-likeness (QED) is 0.223. The lowest BCUT2D eigenvalue weighted by Gasteiger charge is -2.55. The fourth-order valence-corrected chi connectivity index (χ4v) is 9.57. The van der Waals surface area contributed by atoms with E-state index in [1.54, 1.807) is 18.4 Å². The molecule has 0 atom stereocenters. The Kier molecular flexibility index (Phi) is 11.1. The molecule has 2 amide bonds. The number of nitrogens with zero attached hydrogens (tertiary/aromatic N) is 3.